The average molecular weight is 475 g/mol. The van der Waals surface area contributed by atoms with E-state index in [1.54, 1.807) is 19.2 Å². The average Bonchev–Trinajstić information content (AvgIpc) is 3.29. The van der Waals surface area contributed by atoms with Crippen LogP contribution in [0.25, 0.3) is 5.69 Å². The first-order chi connectivity index (χ1) is 17.0. The Hall–Kier alpha value is -3.19. The highest BCUT2D eigenvalue weighted by atomic mass is 19.1. The molecule has 7 heteroatoms. The van der Waals surface area contributed by atoms with Gasteiger partial charge in [0.2, 0.25) is 0 Å². The van der Waals surface area contributed by atoms with E-state index in [1.165, 1.54) is 11.4 Å². The third-order valence-corrected chi connectivity index (χ3v) is 7.68. The van der Waals surface area contributed by atoms with Gasteiger partial charge in [0.05, 0.1) is 44.1 Å². The predicted octanol–water partition coefficient (Wildman–Crippen LogP) is 4.75. The van der Waals surface area contributed by atoms with Crippen LogP contribution in [-0.4, -0.2) is 53.7 Å². The molecule has 2 unspecified atom stereocenters. The fourth-order valence-corrected chi connectivity index (χ4v) is 6.00. The van der Waals surface area contributed by atoms with Crippen LogP contribution in [0.2, 0.25) is 0 Å². The lowest BCUT2D eigenvalue weighted by atomic mass is 9.70. The van der Waals surface area contributed by atoms with Crippen LogP contribution in [-0.2, 0) is 11.2 Å². The van der Waals surface area contributed by atoms with Crippen molar-refractivity contribution in [3.05, 3.63) is 77.6 Å². The van der Waals surface area contributed by atoms with Crippen molar-refractivity contribution in [2.45, 2.75) is 32.2 Å². The summed E-state index contributed by atoms with van der Waals surface area (Å²) in [4.78, 5) is 11.9. The molecule has 3 aromatic rings. The fraction of sp³-hybridized carbons (Fsp3) is 0.429. The molecule has 3 aliphatic heterocycles. The monoisotopic (exact) mass is 474 g/mol. The molecule has 2 atom stereocenters. The van der Waals surface area contributed by atoms with Crippen LogP contribution in [0.4, 0.5) is 4.39 Å². The molecule has 6 rings (SSSR count). The molecule has 0 saturated carbocycles. The molecule has 0 bridgehead atoms. The summed E-state index contributed by atoms with van der Waals surface area (Å²) in [5.74, 6) is 2.14. The van der Waals surface area contributed by atoms with Crippen LogP contribution in [0, 0.1) is 24.1 Å². The number of rotatable bonds is 5. The number of piperidine rings is 1. The fourth-order valence-electron chi connectivity index (χ4n) is 6.00. The number of nitrogens with zero attached hydrogens (tertiary/aromatic N) is 4. The maximum absolute atomic E-state index is 13.6. The van der Waals surface area contributed by atoms with Gasteiger partial charge >= 0.3 is 0 Å². The molecular formula is C28H31FN4O2. The van der Waals surface area contributed by atoms with E-state index in [-0.39, 0.29) is 17.3 Å². The molecule has 4 heterocycles. The number of ether oxygens (including phenoxy) is 2. The van der Waals surface area contributed by atoms with E-state index in [9.17, 15) is 4.39 Å². The van der Waals surface area contributed by atoms with Crippen molar-refractivity contribution in [1.29, 1.82) is 0 Å². The minimum absolute atomic E-state index is 0.164. The zero-order valence-electron chi connectivity index (χ0n) is 20.3. The van der Waals surface area contributed by atoms with E-state index >= 15 is 0 Å². The van der Waals surface area contributed by atoms with Gasteiger partial charge in [0.25, 0.3) is 0 Å². The van der Waals surface area contributed by atoms with Crippen LogP contribution < -0.4 is 4.74 Å². The lowest BCUT2D eigenvalue weighted by Crippen LogP contribution is -2.60. The topological polar surface area (TPSA) is 51.9 Å². The zero-order chi connectivity index (χ0) is 24.0. The molecule has 0 N–H and O–H groups in total. The SMILES string of the molecule is COc1cc(CC2CC3(COC3)CN3C2=NCCC3c2ccc(F)cc2)ccc1-n1cnc(C)c1. The minimum atomic E-state index is -0.193. The van der Waals surface area contributed by atoms with Gasteiger partial charge in [0.15, 0.2) is 0 Å². The van der Waals surface area contributed by atoms with E-state index < -0.39 is 0 Å². The van der Waals surface area contributed by atoms with E-state index in [1.807, 2.05) is 36.1 Å². The van der Waals surface area contributed by atoms with Gasteiger partial charge in [-0.25, -0.2) is 9.37 Å². The number of methoxy groups -OCH3 is 1. The number of fused-ring (bicyclic) bond motifs is 1. The zero-order valence-corrected chi connectivity index (χ0v) is 20.3. The molecular weight excluding hydrogens is 443 g/mol. The highest BCUT2D eigenvalue weighted by molar-refractivity contribution is 5.87. The van der Waals surface area contributed by atoms with E-state index in [0.717, 1.165) is 68.3 Å². The number of aryl methyl sites for hydroxylation is 1. The van der Waals surface area contributed by atoms with Gasteiger partial charge in [-0.1, -0.05) is 18.2 Å². The summed E-state index contributed by atoms with van der Waals surface area (Å²) in [7, 11) is 1.72. The van der Waals surface area contributed by atoms with Crippen LogP contribution in [0.1, 0.15) is 35.7 Å². The number of aliphatic imine (C=N–C) groups is 1. The molecule has 0 aliphatic carbocycles. The summed E-state index contributed by atoms with van der Waals surface area (Å²) in [5.41, 5.74) is 4.51. The Morgan fingerprint density at radius 2 is 2.00 bits per heavy atom. The van der Waals surface area contributed by atoms with Crippen LogP contribution in [0.15, 0.2) is 60.0 Å². The summed E-state index contributed by atoms with van der Waals surface area (Å²) in [6.07, 6.45) is 6.74. The molecule has 35 heavy (non-hydrogen) atoms. The minimum Gasteiger partial charge on any atom is -0.495 e. The van der Waals surface area contributed by atoms with Crippen molar-refractivity contribution in [3.63, 3.8) is 0 Å². The molecule has 6 nitrogen and oxygen atoms in total. The van der Waals surface area contributed by atoms with E-state index in [2.05, 4.69) is 28.1 Å². The van der Waals surface area contributed by atoms with Crippen LogP contribution in [0.3, 0.4) is 0 Å². The number of benzene rings is 2. The molecule has 2 saturated heterocycles. The molecule has 1 aromatic heterocycles. The Kier molecular flexibility index (Phi) is 5.60. The van der Waals surface area contributed by atoms with Crippen molar-refractivity contribution < 1.29 is 13.9 Å². The molecule has 2 aromatic carbocycles. The number of aromatic nitrogens is 2. The Morgan fingerprint density at radius 3 is 2.69 bits per heavy atom. The second-order valence-corrected chi connectivity index (χ2v) is 10.3. The van der Waals surface area contributed by atoms with Gasteiger partial charge in [-0.05, 0) is 61.6 Å². The van der Waals surface area contributed by atoms with Gasteiger partial charge in [0.1, 0.15) is 17.4 Å². The summed E-state index contributed by atoms with van der Waals surface area (Å²) in [6, 6.07) is 13.7. The standard InChI is InChI=1S/C28H31FN4O2/c1-19-14-32(18-31-19)25-8-3-20(12-26(25)34-2)11-22-13-28(16-35-17-28)15-33-24(9-10-30-27(22)33)21-4-6-23(29)7-5-21/h3-8,12,14,18,22,24H,9-11,13,15-17H2,1-2H3. The molecule has 182 valence electrons. The van der Waals surface area contributed by atoms with Gasteiger partial charge in [-0.2, -0.15) is 0 Å². The van der Waals surface area contributed by atoms with Gasteiger partial charge < -0.3 is 18.9 Å². The number of imidazole rings is 1. The van der Waals surface area contributed by atoms with E-state index in [0.29, 0.717) is 5.92 Å². The number of halogens is 1. The Balaban J connectivity index is 1.30. The first-order valence-electron chi connectivity index (χ1n) is 12.4. The third-order valence-electron chi connectivity index (χ3n) is 7.68. The normalized spacial score (nSPS) is 22.9. The molecule has 0 radical (unpaired) electrons. The van der Waals surface area contributed by atoms with Crippen molar-refractivity contribution in [2.75, 3.05) is 33.4 Å². The van der Waals surface area contributed by atoms with Crippen molar-refractivity contribution in [2.24, 2.45) is 16.3 Å². The highest BCUT2D eigenvalue weighted by Crippen LogP contribution is 2.46. The first-order valence-corrected chi connectivity index (χ1v) is 12.4. The van der Waals surface area contributed by atoms with Crippen molar-refractivity contribution >= 4 is 5.84 Å². The Morgan fingerprint density at radius 1 is 1.17 bits per heavy atom. The Bertz CT molecular complexity index is 1250. The lowest BCUT2D eigenvalue weighted by Gasteiger charge is -2.55. The second-order valence-electron chi connectivity index (χ2n) is 10.3. The maximum Gasteiger partial charge on any atom is 0.143 e. The summed E-state index contributed by atoms with van der Waals surface area (Å²) < 4.78 is 27.1. The molecule has 1 spiro atoms. The van der Waals surface area contributed by atoms with Crippen LogP contribution >= 0.6 is 0 Å². The summed E-state index contributed by atoms with van der Waals surface area (Å²) >= 11 is 0. The molecule has 2 fully saturated rings. The maximum atomic E-state index is 13.6. The largest absolute Gasteiger partial charge is 0.495 e. The number of hydrogen-bond acceptors (Lipinski definition) is 5. The van der Waals surface area contributed by atoms with Gasteiger partial charge in [0, 0.05) is 30.6 Å². The van der Waals surface area contributed by atoms with Gasteiger partial charge in [-0.3, -0.25) is 4.99 Å². The first kappa shape index (κ1) is 22.3. The Labute approximate surface area is 205 Å². The van der Waals surface area contributed by atoms with Crippen molar-refractivity contribution in [1.82, 2.24) is 14.5 Å². The highest BCUT2D eigenvalue weighted by Gasteiger charge is 2.50. The third kappa shape index (κ3) is 4.12. The molecule has 3 aliphatic rings. The summed E-state index contributed by atoms with van der Waals surface area (Å²) in [6.45, 7) is 5.33. The molecule has 0 amide bonds. The number of amidine groups is 1. The van der Waals surface area contributed by atoms with Gasteiger partial charge in [-0.15, -0.1) is 0 Å². The lowest BCUT2D eigenvalue weighted by molar-refractivity contribution is -0.140. The number of hydrogen-bond donors (Lipinski definition) is 0. The predicted molar refractivity (Wildman–Crippen MR) is 133 cm³/mol. The summed E-state index contributed by atoms with van der Waals surface area (Å²) in [5, 5.41) is 0. The quantitative estimate of drug-likeness (QED) is 0.535. The second kappa shape index (κ2) is 8.79. The van der Waals surface area contributed by atoms with E-state index in [4.69, 9.17) is 14.5 Å². The smallest absolute Gasteiger partial charge is 0.143 e. The van der Waals surface area contributed by atoms with Crippen LogP contribution in [0.5, 0.6) is 5.75 Å². The van der Waals surface area contributed by atoms with Crippen molar-refractivity contribution in [3.8, 4) is 11.4 Å².